The van der Waals surface area contributed by atoms with Gasteiger partial charge in [0.25, 0.3) is 5.91 Å². The van der Waals surface area contributed by atoms with E-state index in [0.717, 1.165) is 57.2 Å². The highest BCUT2D eigenvalue weighted by atomic mass is 16.5. The zero-order chi connectivity index (χ0) is 21.3. The highest BCUT2D eigenvalue weighted by Gasteiger charge is 2.31. The number of hydrogen-bond donors (Lipinski definition) is 3. The van der Waals surface area contributed by atoms with Crippen LogP contribution >= 0.6 is 0 Å². The monoisotopic (exact) mass is 417 g/mol. The third kappa shape index (κ3) is 6.22. The standard InChI is InChI=1S/C24H37N3O3/c1-19(24(28)25-12-11-20-7-5-4-6-8-20)27-15-13-26(14-16-27)18-21-9-10-22(29-2)23(17-21)30-3/h7,9-10,17,19H,4-6,8,11-16,18H2,1-3H3,(H,25,28)/p+2/t19-/m1/s1. The lowest BCUT2D eigenvalue weighted by Crippen LogP contribution is -3.29. The van der Waals surface area contributed by atoms with Crippen LogP contribution in [0.1, 0.15) is 44.6 Å². The molecule has 1 fully saturated rings. The molecular formula is C24H39N3O3+2. The Kier molecular flexibility index (Phi) is 8.58. The second-order valence-electron chi connectivity index (χ2n) is 8.65. The van der Waals surface area contributed by atoms with Crippen molar-refractivity contribution in [1.29, 1.82) is 0 Å². The van der Waals surface area contributed by atoms with E-state index in [9.17, 15) is 4.79 Å². The Labute approximate surface area is 181 Å². The fourth-order valence-corrected chi connectivity index (χ4v) is 4.63. The molecule has 30 heavy (non-hydrogen) atoms. The second-order valence-corrected chi connectivity index (χ2v) is 8.65. The van der Waals surface area contributed by atoms with Crippen LogP contribution in [-0.4, -0.2) is 58.9 Å². The molecule has 1 aliphatic carbocycles. The van der Waals surface area contributed by atoms with Gasteiger partial charge in [-0.3, -0.25) is 4.79 Å². The molecule has 0 saturated carbocycles. The van der Waals surface area contributed by atoms with Crippen LogP contribution in [-0.2, 0) is 11.3 Å². The van der Waals surface area contributed by atoms with Crippen LogP contribution in [0.5, 0.6) is 11.5 Å². The van der Waals surface area contributed by atoms with Crippen molar-refractivity contribution in [2.45, 2.75) is 51.6 Å². The molecule has 6 nitrogen and oxygen atoms in total. The lowest BCUT2D eigenvalue weighted by Gasteiger charge is -2.32. The van der Waals surface area contributed by atoms with Gasteiger partial charge in [0, 0.05) is 12.1 Å². The largest absolute Gasteiger partial charge is 0.493 e. The molecule has 0 unspecified atom stereocenters. The average molecular weight is 418 g/mol. The van der Waals surface area contributed by atoms with Gasteiger partial charge in [-0.2, -0.15) is 0 Å². The molecule has 6 heteroatoms. The number of allylic oxidation sites excluding steroid dienone is 1. The summed E-state index contributed by atoms with van der Waals surface area (Å²) in [5.74, 6) is 1.75. The molecule has 0 spiro atoms. The van der Waals surface area contributed by atoms with E-state index in [-0.39, 0.29) is 11.9 Å². The van der Waals surface area contributed by atoms with E-state index in [1.807, 2.05) is 6.07 Å². The van der Waals surface area contributed by atoms with Crippen LogP contribution in [0.4, 0.5) is 0 Å². The molecule has 0 bridgehead atoms. The summed E-state index contributed by atoms with van der Waals surface area (Å²) < 4.78 is 10.8. The molecule has 3 rings (SSSR count). The number of rotatable bonds is 9. The number of piperazine rings is 1. The number of ether oxygens (including phenoxy) is 2. The summed E-state index contributed by atoms with van der Waals surface area (Å²) in [6.45, 7) is 8.04. The molecule has 1 amide bonds. The number of benzene rings is 1. The summed E-state index contributed by atoms with van der Waals surface area (Å²) in [7, 11) is 3.34. The predicted octanol–water partition coefficient (Wildman–Crippen LogP) is 0.382. The minimum absolute atomic E-state index is 0.0213. The van der Waals surface area contributed by atoms with Crippen LogP contribution in [0.2, 0.25) is 0 Å². The summed E-state index contributed by atoms with van der Waals surface area (Å²) in [6.07, 6.45) is 8.41. The summed E-state index contributed by atoms with van der Waals surface area (Å²) in [6, 6.07) is 6.19. The Morgan fingerprint density at radius 2 is 1.87 bits per heavy atom. The van der Waals surface area contributed by atoms with Crippen LogP contribution in [0.25, 0.3) is 0 Å². The number of amides is 1. The van der Waals surface area contributed by atoms with Crippen molar-refractivity contribution in [3.63, 3.8) is 0 Å². The smallest absolute Gasteiger partial charge is 0.278 e. The maximum atomic E-state index is 12.6. The van der Waals surface area contributed by atoms with Gasteiger partial charge in [-0.15, -0.1) is 0 Å². The molecule has 0 aromatic heterocycles. The van der Waals surface area contributed by atoms with Crippen LogP contribution in [0.15, 0.2) is 29.8 Å². The van der Waals surface area contributed by atoms with E-state index in [4.69, 9.17) is 9.47 Å². The minimum Gasteiger partial charge on any atom is -0.493 e. The molecule has 1 atom stereocenters. The topological polar surface area (TPSA) is 56.4 Å². The van der Waals surface area contributed by atoms with Gasteiger partial charge < -0.3 is 24.6 Å². The number of methoxy groups -OCH3 is 2. The van der Waals surface area contributed by atoms with Gasteiger partial charge in [-0.05, 0) is 57.2 Å². The molecule has 1 heterocycles. The summed E-state index contributed by atoms with van der Waals surface area (Å²) in [4.78, 5) is 15.6. The van der Waals surface area contributed by atoms with E-state index in [1.165, 1.54) is 41.7 Å². The van der Waals surface area contributed by atoms with Gasteiger partial charge in [-0.1, -0.05) is 11.6 Å². The first-order chi connectivity index (χ1) is 14.6. The number of quaternary nitrogens is 2. The van der Waals surface area contributed by atoms with Crippen molar-refractivity contribution in [1.82, 2.24) is 5.32 Å². The Morgan fingerprint density at radius 1 is 1.10 bits per heavy atom. The first kappa shape index (κ1) is 22.6. The van der Waals surface area contributed by atoms with Gasteiger partial charge in [0.2, 0.25) is 0 Å². The molecule has 1 aromatic carbocycles. The van der Waals surface area contributed by atoms with Crippen molar-refractivity contribution < 1.29 is 24.1 Å². The van der Waals surface area contributed by atoms with E-state index in [0.29, 0.717) is 0 Å². The van der Waals surface area contributed by atoms with Crippen molar-refractivity contribution in [2.24, 2.45) is 0 Å². The lowest BCUT2D eigenvalue weighted by atomic mass is 9.97. The van der Waals surface area contributed by atoms with E-state index in [1.54, 1.807) is 19.1 Å². The Balaban J connectivity index is 1.40. The maximum absolute atomic E-state index is 12.6. The van der Waals surface area contributed by atoms with Crippen LogP contribution in [0.3, 0.4) is 0 Å². The van der Waals surface area contributed by atoms with Crippen molar-refractivity contribution in [3.8, 4) is 11.5 Å². The molecule has 1 aromatic rings. The number of carbonyl (C=O) groups excluding carboxylic acids is 1. The Morgan fingerprint density at radius 3 is 2.53 bits per heavy atom. The fourth-order valence-electron chi connectivity index (χ4n) is 4.63. The van der Waals surface area contributed by atoms with Gasteiger partial charge in [0.1, 0.15) is 32.7 Å². The molecule has 2 aliphatic rings. The molecule has 1 saturated heterocycles. The van der Waals surface area contributed by atoms with Crippen molar-refractivity contribution >= 4 is 5.91 Å². The summed E-state index contributed by atoms with van der Waals surface area (Å²) in [5, 5.41) is 3.17. The highest BCUT2D eigenvalue weighted by molar-refractivity contribution is 5.79. The Bertz CT molecular complexity index is 726. The summed E-state index contributed by atoms with van der Waals surface area (Å²) >= 11 is 0. The summed E-state index contributed by atoms with van der Waals surface area (Å²) in [5.41, 5.74) is 2.78. The third-order valence-corrected chi connectivity index (χ3v) is 6.64. The Hall–Kier alpha value is -2.05. The molecule has 0 radical (unpaired) electrons. The highest BCUT2D eigenvalue weighted by Crippen LogP contribution is 2.27. The van der Waals surface area contributed by atoms with E-state index >= 15 is 0 Å². The van der Waals surface area contributed by atoms with Crippen LogP contribution in [0, 0.1) is 0 Å². The normalized spacial score (nSPS) is 22.7. The zero-order valence-electron chi connectivity index (χ0n) is 18.9. The van der Waals surface area contributed by atoms with Crippen molar-refractivity contribution in [3.05, 3.63) is 35.4 Å². The zero-order valence-corrected chi connectivity index (χ0v) is 18.9. The SMILES string of the molecule is COc1ccc(C[NH+]2CC[NH+]([C@H](C)C(=O)NCCC3=CCCCC3)CC2)cc1OC. The first-order valence-corrected chi connectivity index (χ1v) is 11.5. The molecule has 3 N–H and O–H groups in total. The van der Waals surface area contributed by atoms with Gasteiger partial charge in [0.05, 0.1) is 14.2 Å². The van der Waals surface area contributed by atoms with Crippen molar-refractivity contribution in [2.75, 3.05) is 46.9 Å². The lowest BCUT2D eigenvalue weighted by molar-refractivity contribution is -1.02. The van der Waals surface area contributed by atoms with E-state index in [2.05, 4.69) is 30.4 Å². The fraction of sp³-hybridized carbons (Fsp3) is 0.625. The number of hydrogen-bond acceptors (Lipinski definition) is 3. The van der Waals surface area contributed by atoms with Gasteiger partial charge in [0.15, 0.2) is 17.5 Å². The second kappa shape index (κ2) is 11.4. The maximum Gasteiger partial charge on any atom is 0.278 e. The number of carbonyl (C=O) groups is 1. The third-order valence-electron chi connectivity index (χ3n) is 6.64. The predicted molar refractivity (Wildman–Crippen MR) is 118 cm³/mol. The quantitative estimate of drug-likeness (QED) is 0.510. The van der Waals surface area contributed by atoms with Gasteiger partial charge >= 0.3 is 0 Å². The van der Waals surface area contributed by atoms with Crippen LogP contribution < -0.4 is 24.6 Å². The average Bonchev–Trinajstić information content (AvgIpc) is 2.79. The molecular weight excluding hydrogens is 378 g/mol. The van der Waals surface area contributed by atoms with E-state index < -0.39 is 0 Å². The van der Waals surface area contributed by atoms with Gasteiger partial charge in [-0.25, -0.2) is 0 Å². The number of nitrogens with one attached hydrogen (secondary N) is 3. The molecule has 1 aliphatic heterocycles. The first-order valence-electron chi connectivity index (χ1n) is 11.5. The minimum atomic E-state index is 0.0213. The molecule has 166 valence electrons.